The third-order valence-corrected chi connectivity index (χ3v) is 7.65. The molecule has 0 spiro atoms. The van der Waals surface area contributed by atoms with E-state index >= 15 is 0 Å². The zero-order valence-electron chi connectivity index (χ0n) is 20.6. The highest BCUT2D eigenvalue weighted by Crippen LogP contribution is 2.35. The van der Waals surface area contributed by atoms with Gasteiger partial charge in [-0.25, -0.2) is 8.42 Å². The van der Waals surface area contributed by atoms with E-state index in [0.29, 0.717) is 36.9 Å². The van der Waals surface area contributed by atoms with Crippen LogP contribution < -0.4 is 19.1 Å². The summed E-state index contributed by atoms with van der Waals surface area (Å²) < 4.78 is 38.3. The third kappa shape index (κ3) is 6.25. The van der Waals surface area contributed by atoms with Crippen LogP contribution in [0.4, 0.5) is 5.69 Å². The van der Waals surface area contributed by atoms with Crippen molar-refractivity contribution in [2.24, 2.45) is 0 Å². The average molecular weight is 504 g/mol. The number of aryl methyl sites for hydroxylation is 1. The molecule has 3 rings (SSSR count). The minimum atomic E-state index is -3.82. The van der Waals surface area contributed by atoms with Gasteiger partial charge in [0.1, 0.15) is 25.8 Å². The minimum Gasteiger partial charge on any atom is -0.486 e. The Labute approximate surface area is 207 Å². The predicted octanol–water partition coefficient (Wildman–Crippen LogP) is 2.48. The van der Waals surface area contributed by atoms with Crippen LogP contribution >= 0.6 is 0 Å². The molecule has 1 heterocycles. The second-order valence-corrected chi connectivity index (χ2v) is 10.4. The van der Waals surface area contributed by atoms with Gasteiger partial charge in [-0.15, -0.1) is 0 Å². The number of ether oxygens (including phenoxy) is 2. The molecule has 0 aliphatic carbocycles. The van der Waals surface area contributed by atoms with Gasteiger partial charge in [-0.2, -0.15) is 0 Å². The number of anilines is 1. The van der Waals surface area contributed by atoms with E-state index in [-0.39, 0.29) is 18.2 Å². The van der Waals surface area contributed by atoms with Crippen LogP contribution in [0.1, 0.15) is 31.9 Å². The lowest BCUT2D eigenvalue weighted by Crippen LogP contribution is -2.51. The standard InChI is InChI=1S/C25H33N3O6S/c1-5-26-25(30)19(4)27(16-20-10-8-7-9-18(20)3)24(29)17-28(35(31,32)6-2)21-11-12-22-23(15-21)34-14-13-33-22/h7-12,15,19H,5-6,13-14,16-17H2,1-4H3,(H,26,30)/t19-/m0/s1. The Morgan fingerprint density at radius 3 is 2.40 bits per heavy atom. The van der Waals surface area contributed by atoms with E-state index in [1.54, 1.807) is 32.0 Å². The number of sulfonamides is 1. The number of benzene rings is 2. The van der Waals surface area contributed by atoms with Gasteiger partial charge in [-0.1, -0.05) is 24.3 Å². The fourth-order valence-electron chi connectivity index (χ4n) is 3.78. The average Bonchev–Trinajstić information content (AvgIpc) is 2.86. The van der Waals surface area contributed by atoms with Gasteiger partial charge in [0.05, 0.1) is 11.4 Å². The van der Waals surface area contributed by atoms with Crippen LogP contribution in [-0.4, -0.2) is 63.2 Å². The predicted molar refractivity (Wildman–Crippen MR) is 134 cm³/mol. The van der Waals surface area contributed by atoms with Crippen LogP contribution in [0, 0.1) is 6.92 Å². The summed E-state index contributed by atoms with van der Waals surface area (Å²) in [5.74, 6) is -0.0490. The van der Waals surface area contributed by atoms with Gasteiger partial charge in [0, 0.05) is 19.2 Å². The third-order valence-electron chi connectivity index (χ3n) is 5.91. The van der Waals surface area contributed by atoms with E-state index in [4.69, 9.17) is 9.47 Å². The highest BCUT2D eigenvalue weighted by Gasteiger charge is 2.31. The van der Waals surface area contributed by atoms with Gasteiger partial charge in [0.25, 0.3) is 0 Å². The molecule has 0 fully saturated rings. The maximum atomic E-state index is 13.6. The van der Waals surface area contributed by atoms with Crippen molar-refractivity contribution < 1.29 is 27.5 Å². The molecule has 0 saturated carbocycles. The lowest BCUT2D eigenvalue weighted by Gasteiger charge is -2.32. The van der Waals surface area contributed by atoms with Crippen molar-refractivity contribution in [1.29, 1.82) is 0 Å². The number of hydrogen-bond donors (Lipinski definition) is 1. The number of likely N-dealkylation sites (N-methyl/N-ethyl adjacent to an activating group) is 1. The zero-order chi connectivity index (χ0) is 25.6. The molecule has 9 nitrogen and oxygen atoms in total. The van der Waals surface area contributed by atoms with E-state index in [1.165, 1.54) is 11.8 Å². The van der Waals surface area contributed by atoms with Gasteiger partial charge in [0.15, 0.2) is 11.5 Å². The summed E-state index contributed by atoms with van der Waals surface area (Å²) in [5.41, 5.74) is 2.14. The van der Waals surface area contributed by atoms with Crippen LogP contribution in [0.15, 0.2) is 42.5 Å². The molecule has 35 heavy (non-hydrogen) atoms. The summed E-state index contributed by atoms with van der Waals surface area (Å²) in [5, 5.41) is 2.75. The highest BCUT2D eigenvalue weighted by molar-refractivity contribution is 7.92. The fourth-order valence-corrected chi connectivity index (χ4v) is 4.84. The first-order valence-corrected chi connectivity index (χ1v) is 13.3. The monoisotopic (exact) mass is 503 g/mol. The number of fused-ring (bicyclic) bond motifs is 1. The molecule has 2 amide bonds. The van der Waals surface area contributed by atoms with Gasteiger partial charge in [-0.3, -0.25) is 13.9 Å². The molecule has 10 heteroatoms. The first kappa shape index (κ1) is 26.3. The number of rotatable bonds is 10. The van der Waals surface area contributed by atoms with E-state index in [0.717, 1.165) is 15.4 Å². The van der Waals surface area contributed by atoms with Crippen molar-refractivity contribution in [3.63, 3.8) is 0 Å². The maximum absolute atomic E-state index is 13.6. The Balaban J connectivity index is 1.96. The lowest BCUT2D eigenvalue weighted by molar-refractivity contribution is -0.139. The van der Waals surface area contributed by atoms with Crippen LogP contribution in [0.3, 0.4) is 0 Å². The largest absolute Gasteiger partial charge is 0.486 e. The zero-order valence-corrected chi connectivity index (χ0v) is 21.4. The fraction of sp³-hybridized carbons (Fsp3) is 0.440. The van der Waals surface area contributed by atoms with E-state index in [1.807, 2.05) is 31.2 Å². The van der Waals surface area contributed by atoms with Crippen molar-refractivity contribution in [2.75, 3.05) is 36.4 Å². The van der Waals surface area contributed by atoms with E-state index < -0.39 is 28.5 Å². The molecule has 1 aliphatic heterocycles. The maximum Gasteiger partial charge on any atom is 0.244 e. The molecule has 0 saturated heterocycles. The number of amides is 2. The first-order chi connectivity index (χ1) is 16.7. The Morgan fingerprint density at radius 2 is 1.74 bits per heavy atom. The van der Waals surface area contributed by atoms with Gasteiger partial charge >= 0.3 is 0 Å². The van der Waals surface area contributed by atoms with Crippen LogP contribution in [0.2, 0.25) is 0 Å². The Kier molecular flexibility index (Phi) is 8.61. The molecule has 0 radical (unpaired) electrons. The summed E-state index contributed by atoms with van der Waals surface area (Å²) in [7, 11) is -3.82. The van der Waals surface area contributed by atoms with E-state index in [9.17, 15) is 18.0 Å². The molecule has 0 bridgehead atoms. The van der Waals surface area contributed by atoms with Crippen molar-refractivity contribution in [1.82, 2.24) is 10.2 Å². The summed E-state index contributed by atoms with van der Waals surface area (Å²) in [4.78, 5) is 27.7. The molecule has 2 aromatic rings. The molecule has 0 unspecified atom stereocenters. The quantitative estimate of drug-likeness (QED) is 0.534. The van der Waals surface area contributed by atoms with Crippen molar-refractivity contribution >= 4 is 27.5 Å². The SMILES string of the molecule is CCNC(=O)[C@H](C)N(Cc1ccccc1C)C(=O)CN(c1ccc2c(c1)OCCO2)S(=O)(=O)CC. The Morgan fingerprint density at radius 1 is 1.06 bits per heavy atom. The second-order valence-electron chi connectivity index (χ2n) is 8.25. The van der Waals surface area contributed by atoms with Crippen molar-refractivity contribution in [3.05, 3.63) is 53.6 Å². The number of carbonyl (C=O) groups is 2. The molecule has 1 atom stereocenters. The second kappa shape index (κ2) is 11.4. The molecular formula is C25H33N3O6S. The number of hydrogen-bond acceptors (Lipinski definition) is 6. The first-order valence-electron chi connectivity index (χ1n) is 11.7. The summed E-state index contributed by atoms with van der Waals surface area (Å²) >= 11 is 0. The number of nitrogens with zero attached hydrogens (tertiary/aromatic N) is 2. The Hall–Kier alpha value is -3.27. The summed E-state index contributed by atoms with van der Waals surface area (Å²) in [6.07, 6.45) is 0. The number of carbonyl (C=O) groups excluding carboxylic acids is 2. The minimum absolute atomic E-state index is 0.172. The summed E-state index contributed by atoms with van der Waals surface area (Å²) in [6.45, 7) is 7.79. The molecule has 1 N–H and O–H groups in total. The lowest BCUT2D eigenvalue weighted by atomic mass is 10.1. The molecular weight excluding hydrogens is 470 g/mol. The topological polar surface area (TPSA) is 105 Å². The van der Waals surface area contributed by atoms with Gasteiger partial charge in [-0.05, 0) is 51.0 Å². The van der Waals surface area contributed by atoms with Gasteiger partial charge in [0.2, 0.25) is 21.8 Å². The van der Waals surface area contributed by atoms with Gasteiger partial charge < -0.3 is 19.7 Å². The molecule has 0 aromatic heterocycles. The van der Waals surface area contributed by atoms with Crippen LogP contribution in [0.5, 0.6) is 11.5 Å². The normalized spacial score (nSPS) is 13.6. The van der Waals surface area contributed by atoms with Crippen LogP contribution in [0.25, 0.3) is 0 Å². The van der Waals surface area contributed by atoms with E-state index in [2.05, 4.69) is 5.32 Å². The van der Waals surface area contributed by atoms with Crippen LogP contribution in [-0.2, 0) is 26.2 Å². The smallest absolute Gasteiger partial charge is 0.244 e. The van der Waals surface area contributed by atoms with Crippen molar-refractivity contribution in [2.45, 2.75) is 40.3 Å². The van der Waals surface area contributed by atoms with Crippen molar-refractivity contribution in [3.8, 4) is 11.5 Å². The molecule has 2 aromatic carbocycles. The Bertz CT molecular complexity index is 1170. The molecule has 190 valence electrons. The number of nitrogens with one attached hydrogen (secondary N) is 1. The molecule has 1 aliphatic rings. The summed E-state index contributed by atoms with van der Waals surface area (Å²) in [6, 6.07) is 11.6. The highest BCUT2D eigenvalue weighted by atomic mass is 32.2.